The Hall–Kier alpha value is -1.34. The van der Waals surface area contributed by atoms with E-state index >= 15 is 0 Å². The third-order valence-corrected chi connectivity index (χ3v) is 4.11. The minimum absolute atomic E-state index is 0.200. The van der Waals surface area contributed by atoms with Crippen LogP contribution in [0.2, 0.25) is 0 Å². The molecule has 0 heterocycles. The highest BCUT2D eigenvalue weighted by Gasteiger charge is 2.18. The highest BCUT2D eigenvalue weighted by atomic mass is 32.2. The molecule has 0 aliphatic rings. The van der Waals surface area contributed by atoms with Gasteiger partial charge >= 0.3 is 0 Å². The topological polar surface area (TPSA) is 50.1 Å². The van der Waals surface area contributed by atoms with Crippen LogP contribution in [-0.2, 0) is 10.8 Å². The second-order valence-electron chi connectivity index (χ2n) is 4.65. The molecule has 0 aliphatic carbocycles. The maximum Gasteiger partial charge on any atom is 0.119 e. The molecule has 1 unspecified atom stereocenters. The van der Waals surface area contributed by atoms with E-state index < -0.39 is 10.8 Å². The van der Waals surface area contributed by atoms with E-state index in [0.29, 0.717) is 23.7 Å². The minimum atomic E-state index is -0.894. The lowest BCUT2D eigenvalue weighted by Crippen LogP contribution is -2.26. The minimum Gasteiger partial charge on any atom is -0.493 e. The van der Waals surface area contributed by atoms with Gasteiger partial charge in [0.25, 0.3) is 0 Å². The fourth-order valence-corrected chi connectivity index (χ4v) is 2.01. The molecule has 0 radical (unpaired) electrons. The van der Waals surface area contributed by atoms with Gasteiger partial charge in [-0.3, -0.25) is 4.21 Å². The number of benzene rings is 1. The van der Waals surface area contributed by atoms with Crippen molar-refractivity contribution in [3.63, 3.8) is 0 Å². The van der Waals surface area contributed by atoms with Gasteiger partial charge in [0.15, 0.2) is 0 Å². The zero-order valence-electron chi connectivity index (χ0n) is 10.4. The normalized spacial score (nSPS) is 12.8. The molecule has 0 amide bonds. The number of ether oxygens (including phenoxy) is 1. The van der Waals surface area contributed by atoms with E-state index in [0.717, 1.165) is 0 Å². The van der Waals surface area contributed by atoms with Crippen LogP contribution in [0.5, 0.6) is 5.75 Å². The zero-order valence-corrected chi connectivity index (χ0v) is 11.2. The SMILES string of the molecule is CC(C)(C)S(=O)CCOc1ccc(C#N)cc1. The van der Waals surface area contributed by atoms with Gasteiger partial charge in [0, 0.05) is 15.5 Å². The molecule has 3 nitrogen and oxygen atoms in total. The Morgan fingerprint density at radius 3 is 2.35 bits per heavy atom. The van der Waals surface area contributed by atoms with Gasteiger partial charge in [0.05, 0.1) is 24.0 Å². The summed E-state index contributed by atoms with van der Waals surface area (Å²) in [6, 6.07) is 8.95. The van der Waals surface area contributed by atoms with Crippen LogP contribution in [0.1, 0.15) is 26.3 Å². The fraction of sp³-hybridized carbons (Fsp3) is 0.462. The second kappa shape index (κ2) is 5.83. The summed E-state index contributed by atoms with van der Waals surface area (Å²) in [5.74, 6) is 1.22. The molecule has 1 rings (SSSR count). The highest BCUT2D eigenvalue weighted by Crippen LogP contribution is 2.14. The van der Waals surface area contributed by atoms with Crippen molar-refractivity contribution in [2.45, 2.75) is 25.5 Å². The van der Waals surface area contributed by atoms with Gasteiger partial charge in [0.1, 0.15) is 5.75 Å². The molecule has 0 N–H and O–H groups in total. The van der Waals surface area contributed by atoms with E-state index in [1.54, 1.807) is 24.3 Å². The standard InChI is InChI=1S/C13H17NO2S/c1-13(2,3)17(15)9-8-16-12-6-4-11(10-14)5-7-12/h4-7H,8-9H2,1-3H3. The molecule has 0 saturated heterocycles. The van der Waals surface area contributed by atoms with Crippen LogP contribution in [0, 0.1) is 11.3 Å². The van der Waals surface area contributed by atoms with Gasteiger partial charge in [0.2, 0.25) is 0 Å². The molecule has 0 aliphatic heterocycles. The smallest absolute Gasteiger partial charge is 0.119 e. The molecule has 4 heteroatoms. The van der Waals surface area contributed by atoms with Crippen molar-refractivity contribution in [1.82, 2.24) is 0 Å². The first-order chi connectivity index (χ1) is 7.93. The number of hydrogen-bond acceptors (Lipinski definition) is 3. The van der Waals surface area contributed by atoms with Crippen molar-refractivity contribution in [2.24, 2.45) is 0 Å². The van der Waals surface area contributed by atoms with Crippen LogP contribution in [-0.4, -0.2) is 21.3 Å². The van der Waals surface area contributed by atoms with E-state index in [1.807, 2.05) is 26.8 Å². The molecule has 0 fully saturated rings. The van der Waals surface area contributed by atoms with Crippen molar-refractivity contribution in [3.8, 4) is 11.8 Å². The van der Waals surface area contributed by atoms with E-state index in [2.05, 4.69) is 0 Å². The molecule has 1 aromatic rings. The number of rotatable bonds is 4. The molecule has 1 atom stereocenters. The maximum atomic E-state index is 11.7. The van der Waals surface area contributed by atoms with Gasteiger partial charge in [-0.1, -0.05) is 0 Å². The lowest BCUT2D eigenvalue weighted by molar-refractivity contribution is 0.342. The summed E-state index contributed by atoms with van der Waals surface area (Å²) < 4.78 is 17.0. The molecule has 0 saturated carbocycles. The quantitative estimate of drug-likeness (QED) is 0.826. The fourth-order valence-electron chi connectivity index (χ4n) is 1.17. The number of hydrogen-bond donors (Lipinski definition) is 0. The van der Waals surface area contributed by atoms with Gasteiger partial charge < -0.3 is 4.74 Å². The Labute approximate surface area is 105 Å². The van der Waals surface area contributed by atoms with Crippen molar-refractivity contribution >= 4 is 10.8 Å². The van der Waals surface area contributed by atoms with Crippen LogP contribution < -0.4 is 4.74 Å². The van der Waals surface area contributed by atoms with Crippen molar-refractivity contribution < 1.29 is 8.95 Å². The summed E-state index contributed by atoms with van der Waals surface area (Å²) >= 11 is 0. The summed E-state index contributed by atoms with van der Waals surface area (Å²) in [4.78, 5) is 0. The first-order valence-corrected chi connectivity index (χ1v) is 6.77. The van der Waals surface area contributed by atoms with E-state index in [4.69, 9.17) is 10.00 Å². The Bertz CT molecular complexity index is 426. The van der Waals surface area contributed by atoms with E-state index in [1.165, 1.54) is 0 Å². The van der Waals surface area contributed by atoms with Crippen LogP contribution in [0.25, 0.3) is 0 Å². The maximum absolute atomic E-state index is 11.7. The molecular weight excluding hydrogens is 234 g/mol. The summed E-state index contributed by atoms with van der Waals surface area (Å²) in [6.07, 6.45) is 0. The van der Waals surface area contributed by atoms with E-state index in [-0.39, 0.29) is 4.75 Å². The average molecular weight is 251 g/mol. The van der Waals surface area contributed by atoms with Crippen molar-refractivity contribution in [1.29, 1.82) is 5.26 Å². The number of nitrogens with zero attached hydrogens (tertiary/aromatic N) is 1. The van der Waals surface area contributed by atoms with Crippen LogP contribution in [0.3, 0.4) is 0 Å². The van der Waals surface area contributed by atoms with Gasteiger partial charge in [-0.15, -0.1) is 0 Å². The summed E-state index contributed by atoms with van der Waals surface area (Å²) in [5.41, 5.74) is 0.607. The Morgan fingerprint density at radius 2 is 1.88 bits per heavy atom. The first kappa shape index (κ1) is 13.7. The van der Waals surface area contributed by atoms with Gasteiger partial charge in [-0.2, -0.15) is 5.26 Å². The van der Waals surface area contributed by atoms with Crippen LogP contribution in [0.4, 0.5) is 0 Å². The number of nitriles is 1. The van der Waals surface area contributed by atoms with Crippen molar-refractivity contribution in [3.05, 3.63) is 29.8 Å². The predicted molar refractivity (Wildman–Crippen MR) is 69.4 cm³/mol. The Kier molecular flexibility index (Phi) is 4.71. The monoisotopic (exact) mass is 251 g/mol. The Morgan fingerprint density at radius 1 is 1.29 bits per heavy atom. The van der Waals surface area contributed by atoms with E-state index in [9.17, 15) is 4.21 Å². The summed E-state index contributed by atoms with van der Waals surface area (Å²) in [7, 11) is -0.894. The largest absolute Gasteiger partial charge is 0.493 e. The first-order valence-electron chi connectivity index (χ1n) is 5.45. The average Bonchev–Trinajstić information content (AvgIpc) is 2.28. The third kappa shape index (κ3) is 4.58. The molecule has 1 aromatic carbocycles. The van der Waals surface area contributed by atoms with Crippen LogP contribution in [0.15, 0.2) is 24.3 Å². The second-order valence-corrected chi connectivity index (χ2v) is 6.97. The van der Waals surface area contributed by atoms with Crippen molar-refractivity contribution in [2.75, 3.05) is 12.4 Å². The molecule has 0 bridgehead atoms. The highest BCUT2D eigenvalue weighted by molar-refractivity contribution is 7.86. The molecular formula is C13H17NO2S. The lowest BCUT2D eigenvalue weighted by atomic mass is 10.2. The summed E-state index contributed by atoms with van der Waals surface area (Å²) in [6.45, 7) is 6.27. The van der Waals surface area contributed by atoms with Crippen LogP contribution >= 0.6 is 0 Å². The zero-order chi connectivity index (χ0) is 12.9. The third-order valence-electron chi connectivity index (χ3n) is 2.20. The van der Waals surface area contributed by atoms with Gasteiger partial charge in [-0.05, 0) is 45.0 Å². The lowest BCUT2D eigenvalue weighted by Gasteiger charge is -2.17. The molecule has 17 heavy (non-hydrogen) atoms. The predicted octanol–water partition coefficient (Wildman–Crippen LogP) is 2.48. The molecule has 0 spiro atoms. The summed E-state index contributed by atoms with van der Waals surface area (Å²) in [5, 5.41) is 8.64. The molecule has 92 valence electrons. The molecule has 0 aromatic heterocycles. The van der Waals surface area contributed by atoms with Gasteiger partial charge in [-0.25, -0.2) is 0 Å². The Balaban J connectivity index is 2.41.